The van der Waals surface area contributed by atoms with E-state index in [2.05, 4.69) is 31.7 Å². The molecular weight excluding hydrogens is 576 g/mol. The summed E-state index contributed by atoms with van der Waals surface area (Å²) < 4.78 is 23.2. The lowest BCUT2D eigenvalue weighted by molar-refractivity contribution is -0.114. The maximum absolute atomic E-state index is 13.0. The van der Waals surface area contributed by atoms with Crippen LogP contribution in [0, 0.1) is 0 Å². The van der Waals surface area contributed by atoms with Gasteiger partial charge in [-0.15, -0.1) is 0 Å². The number of sulfone groups is 1. The number of hydrogen-bond donors (Lipinski definition) is 6. The summed E-state index contributed by atoms with van der Waals surface area (Å²) in [6, 6.07) is 13.5. The van der Waals surface area contributed by atoms with Crippen LogP contribution in [0.1, 0.15) is 33.4 Å². The molecule has 0 aliphatic rings. The number of carbonyl (C=O) groups excluding carboxylic acids is 2. The van der Waals surface area contributed by atoms with Gasteiger partial charge in [0, 0.05) is 25.4 Å². The summed E-state index contributed by atoms with van der Waals surface area (Å²) in [6.45, 7) is 1.55. The zero-order valence-electron chi connectivity index (χ0n) is 21.9. The van der Waals surface area contributed by atoms with Crippen molar-refractivity contribution in [1.82, 2.24) is 10.3 Å². The van der Waals surface area contributed by atoms with Crippen LogP contribution in [0.3, 0.4) is 0 Å². The molecule has 0 aliphatic heterocycles. The number of aliphatic imine (C=N–C) groups is 1. The monoisotopic (exact) mass is 604 g/mol. The Morgan fingerprint density at radius 2 is 1.59 bits per heavy atom. The van der Waals surface area contributed by atoms with Gasteiger partial charge in [0.2, 0.25) is 5.91 Å². The molecule has 0 saturated carbocycles. The second kappa shape index (κ2) is 15.1. The lowest BCUT2D eigenvalue weighted by Crippen LogP contribution is -2.23. The highest BCUT2D eigenvalue weighted by Gasteiger charge is 2.19. The van der Waals surface area contributed by atoms with Gasteiger partial charge >= 0.3 is 12.2 Å². The first-order valence-electron chi connectivity index (χ1n) is 11.7. The number of carboxylic acid groups (broad SMARTS) is 2. The number of thiazole rings is 1. The second-order valence-corrected chi connectivity index (χ2v) is 11.3. The smallest absolute Gasteiger partial charge is 0.432 e. The third-order valence-electron chi connectivity index (χ3n) is 5.00. The van der Waals surface area contributed by atoms with Gasteiger partial charge in [-0.1, -0.05) is 35.6 Å². The summed E-state index contributed by atoms with van der Waals surface area (Å²) in [4.78, 5) is 51.9. The Bertz CT molecular complexity index is 1510. The number of aryl methyl sites for hydroxylation is 2. The normalized spacial score (nSPS) is 10.8. The van der Waals surface area contributed by atoms with Crippen LogP contribution in [0.4, 0.5) is 20.4 Å². The van der Waals surface area contributed by atoms with E-state index in [0.717, 1.165) is 35.1 Å². The Morgan fingerprint density at radius 1 is 1.00 bits per heavy atom. The van der Waals surface area contributed by atoms with Crippen LogP contribution in [-0.2, 0) is 34.0 Å². The average molecular weight is 605 g/mol. The van der Waals surface area contributed by atoms with E-state index in [9.17, 15) is 22.8 Å². The summed E-state index contributed by atoms with van der Waals surface area (Å²) in [6.07, 6.45) is 0.594. The minimum atomic E-state index is -3.30. The van der Waals surface area contributed by atoms with Gasteiger partial charge in [0.05, 0.1) is 16.9 Å². The van der Waals surface area contributed by atoms with Crippen LogP contribution in [0.5, 0.6) is 0 Å². The van der Waals surface area contributed by atoms with E-state index in [1.165, 1.54) is 19.1 Å². The van der Waals surface area contributed by atoms with Crippen LogP contribution < -0.4 is 21.7 Å². The fourth-order valence-electron chi connectivity index (χ4n) is 3.21. The number of nitrogens with two attached hydrogens (primary N) is 1. The van der Waals surface area contributed by atoms with Crippen LogP contribution in [0.25, 0.3) is 0 Å². The third-order valence-corrected chi connectivity index (χ3v) is 7.14. The van der Waals surface area contributed by atoms with Gasteiger partial charge in [-0.3, -0.25) is 9.59 Å². The van der Waals surface area contributed by atoms with Crippen molar-refractivity contribution in [3.63, 3.8) is 0 Å². The first kappa shape index (κ1) is 32.4. The summed E-state index contributed by atoms with van der Waals surface area (Å²) >= 11 is 1.08. The molecule has 0 saturated heterocycles. The van der Waals surface area contributed by atoms with E-state index < -0.39 is 22.0 Å². The number of hydrogen-bond acceptors (Lipinski definition) is 8. The number of anilines is 2. The molecule has 3 aromatic rings. The highest BCUT2D eigenvalue weighted by Crippen LogP contribution is 2.25. The summed E-state index contributed by atoms with van der Waals surface area (Å²) in [5.74, 6) is -0.652. The number of rotatable bonds is 10. The highest BCUT2D eigenvalue weighted by atomic mass is 32.2. The van der Waals surface area contributed by atoms with Gasteiger partial charge in [-0.2, -0.15) is 4.99 Å². The van der Waals surface area contributed by atoms with Gasteiger partial charge in [0.1, 0.15) is 4.88 Å². The zero-order valence-corrected chi connectivity index (χ0v) is 23.6. The quantitative estimate of drug-likeness (QED) is 0.146. The van der Waals surface area contributed by atoms with E-state index in [1.54, 1.807) is 24.3 Å². The number of nitrogens with zero attached hydrogens (tertiary/aromatic N) is 2. The summed E-state index contributed by atoms with van der Waals surface area (Å²) in [5, 5.41) is 24.2. The minimum Gasteiger partial charge on any atom is -0.465 e. The molecule has 0 spiro atoms. The third kappa shape index (κ3) is 11.8. The average Bonchev–Trinajstić information content (AvgIpc) is 3.28. The lowest BCUT2D eigenvalue weighted by atomic mass is 10.1. The Labute approximate surface area is 239 Å². The fraction of sp³-hybridized carbons (Fsp3) is 0.200. The molecule has 218 valence electrons. The number of nitrogens with one attached hydrogen (secondary N) is 3. The standard InChI is InChI=1S/C24H25N5O6S2.CH3NO2/c1-15(30)28-23-29-20(12-7-16-3-8-18(9-4-16)26-14-27-24(32)33)21(36-23)22(31)25-13-17-5-10-19(11-6-17)37(2,34)35;2-1(3)4/h3-6,8-11,14H,7,12-13H2,1-2H3,(H,25,31)(H,26,27)(H,32,33)(H,28,29,30);2H2,(H,3,4). The Kier molecular flexibility index (Phi) is 11.9. The first-order valence-corrected chi connectivity index (χ1v) is 14.4. The van der Waals surface area contributed by atoms with Gasteiger partial charge in [0.25, 0.3) is 5.91 Å². The molecule has 16 heteroatoms. The van der Waals surface area contributed by atoms with Crippen molar-refractivity contribution in [1.29, 1.82) is 0 Å². The van der Waals surface area contributed by atoms with Gasteiger partial charge in [-0.05, 0) is 48.2 Å². The molecule has 3 rings (SSSR count). The summed E-state index contributed by atoms with van der Waals surface area (Å²) in [7, 11) is -3.30. The maximum atomic E-state index is 13.0. The largest absolute Gasteiger partial charge is 0.465 e. The second-order valence-electron chi connectivity index (χ2n) is 8.30. The van der Waals surface area contributed by atoms with Gasteiger partial charge < -0.3 is 31.9 Å². The van der Waals surface area contributed by atoms with Crippen LogP contribution in [0.2, 0.25) is 0 Å². The molecule has 0 aliphatic carbocycles. The van der Waals surface area contributed by atoms with E-state index in [0.29, 0.717) is 34.2 Å². The van der Waals surface area contributed by atoms with Crippen molar-refractivity contribution in [2.75, 3.05) is 16.9 Å². The molecule has 2 aromatic carbocycles. The van der Waals surface area contributed by atoms with E-state index in [4.69, 9.17) is 15.0 Å². The zero-order chi connectivity index (χ0) is 30.6. The molecule has 0 radical (unpaired) electrons. The number of amides is 4. The molecular formula is C25H28N6O8S2. The molecule has 14 nitrogen and oxygen atoms in total. The van der Waals surface area contributed by atoms with Crippen molar-refractivity contribution in [2.45, 2.75) is 31.2 Å². The molecule has 1 heterocycles. The van der Waals surface area contributed by atoms with Crippen molar-refractivity contribution in [2.24, 2.45) is 10.7 Å². The number of carbonyl (C=O) groups is 4. The van der Waals surface area contributed by atoms with Crippen LogP contribution >= 0.6 is 11.3 Å². The molecule has 41 heavy (non-hydrogen) atoms. The molecule has 0 unspecified atom stereocenters. The maximum Gasteiger partial charge on any atom is 0.432 e. The molecule has 0 fully saturated rings. The van der Waals surface area contributed by atoms with Crippen molar-refractivity contribution in [3.05, 3.63) is 70.2 Å². The van der Waals surface area contributed by atoms with E-state index in [1.807, 2.05) is 12.1 Å². The SMILES string of the molecule is CC(=O)Nc1nc(CCc2ccc(NC=NC(=O)O)cc2)c(C(=O)NCc2ccc(S(C)(=O)=O)cc2)s1.NC(=O)O. The van der Waals surface area contributed by atoms with Crippen molar-refractivity contribution < 1.29 is 37.8 Å². The van der Waals surface area contributed by atoms with Gasteiger partial charge in [0.15, 0.2) is 15.0 Å². The topological polar surface area (TPSA) is 230 Å². The fourth-order valence-corrected chi connectivity index (χ4v) is 4.82. The highest BCUT2D eigenvalue weighted by molar-refractivity contribution is 7.90. The van der Waals surface area contributed by atoms with Crippen molar-refractivity contribution >= 4 is 62.3 Å². The number of aromatic nitrogens is 1. The molecule has 4 amide bonds. The van der Waals surface area contributed by atoms with Crippen molar-refractivity contribution in [3.8, 4) is 0 Å². The Hall–Kier alpha value is -4.83. The predicted octanol–water partition coefficient (Wildman–Crippen LogP) is 2.96. The van der Waals surface area contributed by atoms with E-state index >= 15 is 0 Å². The molecule has 0 bridgehead atoms. The van der Waals surface area contributed by atoms with Crippen LogP contribution in [-0.4, -0.2) is 60.2 Å². The lowest BCUT2D eigenvalue weighted by Gasteiger charge is -2.07. The number of primary amides is 1. The Balaban J connectivity index is 0.00000138. The summed E-state index contributed by atoms with van der Waals surface area (Å²) in [5.41, 5.74) is 6.93. The van der Waals surface area contributed by atoms with E-state index in [-0.39, 0.29) is 23.3 Å². The molecule has 7 N–H and O–H groups in total. The predicted molar refractivity (Wildman–Crippen MR) is 153 cm³/mol. The molecule has 1 aromatic heterocycles. The van der Waals surface area contributed by atoms with Gasteiger partial charge in [-0.25, -0.2) is 23.0 Å². The molecule has 0 atom stereocenters. The Morgan fingerprint density at radius 3 is 2.12 bits per heavy atom. The number of benzene rings is 2. The first-order chi connectivity index (χ1) is 19.2. The minimum absolute atomic E-state index is 0.190. The van der Waals surface area contributed by atoms with Crippen LogP contribution in [0.15, 0.2) is 58.4 Å².